The Kier molecular flexibility index (Phi) is 9.07. The van der Waals surface area contributed by atoms with Crippen LogP contribution in [0.15, 0.2) is 60.2 Å². The van der Waals surface area contributed by atoms with Crippen molar-refractivity contribution in [3.8, 4) is 44.8 Å². The SMILES string of the molecule is COc1ccc(-c2nc(-c3cncc(C4CCC(Oc5cc(C6CNC(=O)CO6)ccc5OC)C4)c3)cs2)cc1OC1CCCC1. The maximum absolute atomic E-state index is 11.5. The van der Waals surface area contributed by atoms with Crippen LogP contribution in [0.1, 0.15) is 68.1 Å². The first-order valence-electron chi connectivity index (χ1n) is 16.0. The molecule has 7 rings (SSSR count). The molecule has 9 nitrogen and oxygen atoms in total. The molecule has 10 heteroatoms. The highest BCUT2D eigenvalue weighted by Crippen LogP contribution is 2.41. The Labute approximate surface area is 273 Å². The lowest BCUT2D eigenvalue weighted by atomic mass is 9.97. The number of carbonyl (C=O) groups excluding carboxylic acids is 1. The molecule has 0 spiro atoms. The van der Waals surface area contributed by atoms with Crippen LogP contribution in [0.3, 0.4) is 0 Å². The smallest absolute Gasteiger partial charge is 0.246 e. The predicted molar refractivity (Wildman–Crippen MR) is 176 cm³/mol. The lowest BCUT2D eigenvalue weighted by molar-refractivity contribution is -0.133. The minimum atomic E-state index is -0.209. The van der Waals surface area contributed by atoms with E-state index in [1.807, 2.05) is 42.7 Å². The summed E-state index contributed by atoms with van der Waals surface area (Å²) in [5, 5.41) is 5.90. The normalized spacial score (nSPS) is 21.6. The Morgan fingerprint density at radius 3 is 2.39 bits per heavy atom. The van der Waals surface area contributed by atoms with Gasteiger partial charge in [0.2, 0.25) is 5.91 Å². The van der Waals surface area contributed by atoms with Crippen LogP contribution in [0.2, 0.25) is 0 Å². The quantitative estimate of drug-likeness (QED) is 0.196. The van der Waals surface area contributed by atoms with Crippen molar-refractivity contribution < 1.29 is 28.5 Å². The number of benzene rings is 2. The van der Waals surface area contributed by atoms with Crippen molar-refractivity contribution in [3.63, 3.8) is 0 Å². The fourth-order valence-corrected chi connectivity index (χ4v) is 7.50. The number of amides is 1. The Balaban J connectivity index is 1.03. The summed E-state index contributed by atoms with van der Waals surface area (Å²) < 4.78 is 29.8. The van der Waals surface area contributed by atoms with E-state index in [9.17, 15) is 4.79 Å². The molecule has 1 saturated heterocycles. The van der Waals surface area contributed by atoms with Crippen molar-refractivity contribution in [2.45, 2.75) is 69.2 Å². The molecule has 240 valence electrons. The molecule has 3 atom stereocenters. The molecule has 2 saturated carbocycles. The molecule has 3 aliphatic rings. The summed E-state index contributed by atoms with van der Waals surface area (Å²) in [6.07, 6.45) is 11.4. The molecule has 1 amide bonds. The summed E-state index contributed by atoms with van der Waals surface area (Å²) in [6, 6.07) is 14.1. The summed E-state index contributed by atoms with van der Waals surface area (Å²) in [6.45, 7) is 0.500. The van der Waals surface area contributed by atoms with Gasteiger partial charge < -0.3 is 29.0 Å². The largest absolute Gasteiger partial charge is 0.493 e. The summed E-state index contributed by atoms with van der Waals surface area (Å²) >= 11 is 1.62. The van der Waals surface area contributed by atoms with Crippen LogP contribution in [0, 0.1) is 0 Å². The summed E-state index contributed by atoms with van der Waals surface area (Å²) in [7, 11) is 3.33. The van der Waals surface area contributed by atoms with E-state index in [0.29, 0.717) is 24.0 Å². The van der Waals surface area contributed by atoms with Crippen molar-refractivity contribution in [1.82, 2.24) is 15.3 Å². The van der Waals surface area contributed by atoms with Crippen molar-refractivity contribution in [2.75, 3.05) is 27.4 Å². The average molecular weight is 642 g/mol. The van der Waals surface area contributed by atoms with Crippen LogP contribution < -0.4 is 24.3 Å². The van der Waals surface area contributed by atoms with Gasteiger partial charge in [-0.15, -0.1) is 11.3 Å². The lowest BCUT2D eigenvalue weighted by Crippen LogP contribution is -2.38. The lowest BCUT2D eigenvalue weighted by Gasteiger charge is -2.25. The van der Waals surface area contributed by atoms with E-state index in [0.717, 1.165) is 71.0 Å². The molecule has 2 aromatic carbocycles. The number of nitrogens with zero attached hydrogens (tertiary/aromatic N) is 2. The first kappa shape index (κ1) is 30.5. The number of morpholine rings is 1. The zero-order chi connectivity index (χ0) is 31.5. The number of rotatable bonds is 10. The third-order valence-corrected chi connectivity index (χ3v) is 10.1. The van der Waals surface area contributed by atoms with Crippen LogP contribution in [-0.4, -0.2) is 55.5 Å². The molecule has 3 fully saturated rings. The van der Waals surface area contributed by atoms with E-state index in [4.69, 9.17) is 28.7 Å². The third-order valence-electron chi connectivity index (χ3n) is 9.18. The van der Waals surface area contributed by atoms with Gasteiger partial charge in [-0.2, -0.15) is 0 Å². The van der Waals surface area contributed by atoms with Gasteiger partial charge in [0, 0.05) is 35.4 Å². The summed E-state index contributed by atoms with van der Waals surface area (Å²) in [5.41, 5.74) is 5.09. The van der Waals surface area contributed by atoms with Crippen LogP contribution in [0.5, 0.6) is 23.0 Å². The Bertz CT molecular complexity index is 1680. The van der Waals surface area contributed by atoms with Gasteiger partial charge in [-0.1, -0.05) is 6.07 Å². The predicted octanol–water partition coefficient (Wildman–Crippen LogP) is 7.11. The molecule has 2 aromatic heterocycles. The Morgan fingerprint density at radius 1 is 0.826 bits per heavy atom. The molecule has 3 heterocycles. The van der Waals surface area contributed by atoms with Gasteiger partial charge in [0.15, 0.2) is 23.0 Å². The third kappa shape index (κ3) is 6.69. The minimum absolute atomic E-state index is 0.0476. The van der Waals surface area contributed by atoms with Crippen molar-refractivity contribution in [1.29, 1.82) is 0 Å². The highest BCUT2D eigenvalue weighted by atomic mass is 32.1. The molecular formula is C36H39N3O6S. The van der Waals surface area contributed by atoms with Crippen LogP contribution in [0.4, 0.5) is 0 Å². The molecule has 3 unspecified atom stereocenters. The van der Waals surface area contributed by atoms with Crippen LogP contribution in [0.25, 0.3) is 21.8 Å². The molecule has 2 aliphatic carbocycles. The number of methoxy groups -OCH3 is 2. The van der Waals surface area contributed by atoms with E-state index in [-0.39, 0.29) is 30.8 Å². The monoisotopic (exact) mass is 641 g/mol. The first-order chi connectivity index (χ1) is 22.6. The van der Waals surface area contributed by atoms with E-state index >= 15 is 0 Å². The zero-order valence-corrected chi connectivity index (χ0v) is 27.0. The van der Waals surface area contributed by atoms with Gasteiger partial charge in [0.05, 0.1) is 32.1 Å². The van der Waals surface area contributed by atoms with E-state index in [1.54, 1.807) is 25.6 Å². The second-order valence-electron chi connectivity index (χ2n) is 12.2. The number of thiazole rings is 1. The molecule has 0 radical (unpaired) electrons. The van der Waals surface area contributed by atoms with Crippen LogP contribution >= 0.6 is 11.3 Å². The second kappa shape index (κ2) is 13.7. The van der Waals surface area contributed by atoms with Crippen molar-refractivity contribution in [2.24, 2.45) is 0 Å². The Morgan fingerprint density at radius 2 is 1.61 bits per heavy atom. The minimum Gasteiger partial charge on any atom is -0.493 e. The number of hydrogen-bond acceptors (Lipinski definition) is 9. The van der Waals surface area contributed by atoms with Crippen LogP contribution in [-0.2, 0) is 9.53 Å². The van der Waals surface area contributed by atoms with E-state index < -0.39 is 0 Å². The molecule has 1 N–H and O–H groups in total. The van der Waals surface area contributed by atoms with Gasteiger partial charge in [-0.25, -0.2) is 4.98 Å². The highest BCUT2D eigenvalue weighted by molar-refractivity contribution is 7.13. The van der Waals surface area contributed by atoms with E-state index in [2.05, 4.69) is 27.8 Å². The van der Waals surface area contributed by atoms with E-state index in [1.165, 1.54) is 18.4 Å². The second-order valence-corrected chi connectivity index (χ2v) is 13.1. The zero-order valence-electron chi connectivity index (χ0n) is 26.2. The molecule has 1 aliphatic heterocycles. The fraction of sp³-hybridized carbons (Fsp3) is 0.417. The molecule has 0 bridgehead atoms. The van der Waals surface area contributed by atoms with Gasteiger partial charge in [-0.3, -0.25) is 9.78 Å². The number of aromatic nitrogens is 2. The number of hydrogen-bond donors (Lipinski definition) is 1. The topological polar surface area (TPSA) is 101 Å². The standard InChI is InChI=1S/C36H39N3O6S/c1-41-30-11-8-23(34-19-38-35(40)20-43-34)15-32(30)45-28-10-7-22(14-28)25-13-26(18-37-17-25)29-21-46-36(39-29)24-9-12-31(42-2)33(16-24)44-27-5-3-4-6-27/h8-9,11-13,15-18,21-22,27-28,34H,3-7,10,14,19-20H2,1-2H3,(H,38,40). The number of ether oxygens (including phenoxy) is 5. The van der Waals surface area contributed by atoms with Gasteiger partial charge in [0.1, 0.15) is 17.7 Å². The van der Waals surface area contributed by atoms with Crippen molar-refractivity contribution in [3.05, 3.63) is 71.4 Å². The number of carbonyl (C=O) groups is 1. The van der Waals surface area contributed by atoms with Gasteiger partial charge >= 0.3 is 0 Å². The number of pyridine rings is 1. The first-order valence-corrected chi connectivity index (χ1v) is 16.9. The molecule has 46 heavy (non-hydrogen) atoms. The summed E-state index contributed by atoms with van der Waals surface area (Å²) in [5.74, 6) is 3.15. The molecule has 4 aromatic rings. The van der Waals surface area contributed by atoms with Crippen molar-refractivity contribution >= 4 is 17.2 Å². The van der Waals surface area contributed by atoms with Gasteiger partial charge in [0.25, 0.3) is 0 Å². The van der Waals surface area contributed by atoms with Gasteiger partial charge in [-0.05, 0) is 98.4 Å². The highest BCUT2D eigenvalue weighted by Gasteiger charge is 2.30. The fourth-order valence-electron chi connectivity index (χ4n) is 6.67. The maximum Gasteiger partial charge on any atom is 0.246 e. The summed E-state index contributed by atoms with van der Waals surface area (Å²) in [4.78, 5) is 21.1. The Hall–Kier alpha value is -4.15. The number of nitrogens with one attached hydrogen (secondary N) is 1. The molecular weight excluding hydrogens is 602 g/mol. The average Bonchev–Trinajstić information content (AvgIpc) is 3.89. The maximum atomic E-state index is 11.5.